The molecule has 8 heavy (non-hydrogen) atoms. The lowest BCUT2D eigenvalue weighted by atomic mass is 10.9. The molecule has 5 nitrogen and oxygen atoms in total. The smallest absolute Gasteiger partial charge is 0.238 e. The zero-order valence-electron chi connectivity index (χ0n) is 3.87. The normalized spacial score (nSPS) is 10.6. The van der Waals surface area contributed by atoms with E-state index in [2.05, 4.69) is 9.98 Å². The van der Waals surface area contributed by atoms with E-state index < -0.39 is 6.29 Å². The summed E-state index contributed by atoms with van der Waals surface area (Å²) in [6.45, 7) is 0. The van der Waals surface area contributed by atoms with Crippen LogP contribution in [-0.4, -0.2) is 18.4 Å². The molecular formula is C3H3N3O2. The topological polar surface area (TPSA) is 84.9 Å². The van der Waals surface area contributed by atoms with Gasteiger partial charge in [0, 0.05) is 0 Å². The number of rotatable bonds is 2. The number of aliphatic imine (C=N–C) groups is 2. The molecule has 0 aromatic heterocycles. The maximum Gasteiger partial charge on any atom is 0.238 e. The summed E-state index contributed by atoms with van der Waals surface area (Å²) in [6, 6.07) is 0. The Balaban J connectivity index is 3.82. The Bertz CT molecular complexity index is 136. The fourth-order valence-corrected chi connectivity index (χ4v) is 0.137. The van der Waals surface area contributed by atoms with E-state index >= 15 is 0 Å². The molecule has 0 bridgehead atoms. The van der Waals surface area contributed by atoms with Gasteiger partial charge in [-0.2, -0.15) is 9.98 Å². The van der Waals surface area contributed by atoms with Gasteiger partial charge in [-0.1, -0.05) is 0 Å². The second kappa shape index (κ2) is 3.89. The number of nitrogens with two attached hydrogens (primary N) is 1. The van der Waals surface area contributed by atoms with E-state index in [9.17, 15) is 9.59 Å². The summed E-state index contributed by atoms with van der Waals surface area (Å²) >= 11 is 0. The zero-order chi connectivity index (χ0) is 6.41. The molecule has 0 fully saturated rings. The summed E-state index contributed by atoms with van der Waals surface area (Å²) in [6.07, 6.45) is 1.12. The van der Waals surface area contributed by atoms with Crippen LogP contribution in [0.25, 0.3) is 0 Å². The summed E-state index contributed by atoms with van der Waals surface area (Å²) in [5.41, 5.74) is 4.84. The highest BCUT2D eigenvalue weighted by atomic mass is 16.1. The Labute approximate surface area is 44.9 Å². The predicted octanol–water partition coefficient (Wildman–Crippen LogP) is -1.10. The molecule has 2 N–H and O–H groups in total. The van der Waals surface area contributed by atoms with Crippen molar-refractivity contribution in [3.8, 4) is 0 Å². The lowest BCUT2D eigenvalue weighted by Gasteiger charge is -1.85. The molecule has 0 unspecified atom stereocenters. The van der Waals surface area contributed by atoms with Gasteiger partial charge in [-0.25, -0.2) is 9.59 Å². The Morgan fingerprint density at radius 1 is 1.25 bits per heavy atom. The van der Waals surface area contributed by atoms with E-state index in [0.717, 1.165) is 12.2 Å². The Kier molecular flexibility index (Phi) is 3.27. The van der Waals surface area contributed by atoms with Crippen LogP contribution in [0.3, 0.4) is 0 Å². The SMILES string of the molecule is NC(N=C=O)N=C=O. The van der Waals surface area contributed by atoms with E-state index in [1.165, 1.54) is 0 Å². The van der Waals surface area contributed by atoms with Crippen LogP contribution in [0.5, 0.6) is 0 Å². The number of hydrogen-bond donors (Lipinski definition) is 1. The van der Waals surface area contributed by atoms with Crippen LogP contribution < -0.4 is 5.73 Å². The van der Waals surface area contributed by atoms with Crippen LogP contribution in [0.2, 0.25) is 0 Å². The van der Waals surface area contributed by atoms with Crippen molar-refractivity contribution in [1.29, 1.82) is 0 Å². The standard InChI is InChI=1S/C3H3N3O2/c4-3(5-1-7)6-2-8/h3H,4H2. The molecule has 0 saturated carbocycles. The molecule has 0 aliphatic carbocycles. The van der Waals surface area contributed by atoms with Gasteiger partial charge >= 0.3 is 0 Å². The first kappa shape index (κ1) is 6.72. The molecule has 0 aliphatic rings. The molecule has 0 rings (SSSR count). The van der Waals surface area contributed by atoms with Crippen molar-refractivity contribution in [1.82, 2.24) is 0 Å². The molecule has 0 aromatic carbocycles. The molecule has 0 aliphatic heterocycles. The van der Waals surface area contributed by atoms with Crippen LogP contribution in [0.1, 0.15) is 0 Å². The number of hydrogen-bond acceptors (Lipinski definition) is 5. The lowest BCUT2D eigenvalue weighted by molar-refractivity contribution is 0.551. The molecule has 5 heteroatoms. The van der Waals surface area contributed by atoms with Gasteiger partial charge in [0.1, 0.15) is 0 Å². The lowest BCUT2D eigenvalue weighted by Crippen LogP contribution is -2.12. The zero-order valence-corrected chi connectivity index (χ0v) is 3.87. The second-order valence-electron chi connectivity index (χ2n) is 0.854. The first-order valence-electron chi connectivity index (χ1n) is 1.71. The van der Waals surface area contributed by atoms with Gasteiger partial charge in [-0.3, -0.25) is 5.73 Å². The largest absolute Gasteiger partial charge is 0.290 e. The number of nitrogens with zero attached hydrogens (tertiary/aromatic N) is 2. The van der Waals surface area contributed by atoms with E-state index in [4.69, 9.17) is 5.73 Å². The summed E-state index contributed by atoms with van der Waals surface area (Å²) in [7, 11) is 0. The van der Waals surface area contributed by atoms with E-state index in [0.29, 0.717) is 0 Å². The highest BCUT2D eigenvalue weighted by molar-refractivity contribution is 5.36. The molecular weight excluding hydrogens is 110 g/mol. The summed E-state index contributed by atoms with van der Waals surface area (Å²) in [5.74, 6) is 0. The fourth-order valence-electron chi connectivity index (χ4n) is 0.137. The molecule has 0 heterocycles. The Morgan fingerprint density at radius 2 is 1.62 bits per heavy atom. The minimum atomic E-state index is -1.13. The van der Waals surface area contributed by atoms with Crippen molar-refractivity contribution in [2.75, 3.05) is 0 Å². The Hall–Kier alpha value is -1.28. The molecule has 0 spiro atoms. The molecule has 0 amide bonds. The van der Waals surface area contributed by atoms with E-state index in [-0.39, 0.29) is 0 Å². The molecule has 0 saturated heterocycles. The van der Waals surface area contributed by atoms with Crippen molar-refractivity contribution in [2.24, 2.45) is 15.7 Å². The Morgan fingerprint density at radius 3 is 1.88 bits per heavy atom. The minimum absolute atomic E-state index is 1.13. The average Bonchev–Trinajstić information content (AvgIpc) is 1.68. The first-order valence-corrected chi connectivity index (χ1v) is 1.71. The van der Waals surface area contributed by atoms with Crippen molar-refractivity contribution in [2.45, 2.75) is 6.29 Å². The average molecular weight is 113 g/mol. The van der Waals surface area contributed by atoms with Gasteiger partial charge in [0.05, 0.1) is 0 Å². The van der Waals surface area contributed by atoms with Gasteiger partial charge in [0.2, 0.25) is 18.4 Å². The van der Waals surface area contributed by atoms with Crippen LogP contribution in [-0.2, 0) is 9.59 Å². The van der Waals surface area contributed by atoms with Crippen LogP contribution >= 0.6 is 0 Å². The third kappa shape index (κ3) is 2.93. The third-order valence-corrected chi connectivity index (χ3v) is 0.370. The monoisotopic (exact) mass is 113 g/mol. The summed E-state index contributed by atoms with van der Waals surface area (Å²) < 4.78 is 0. The van der Waals surface area contributed by atoms with Gasteiger partial charge in [-0.05, 0) is 0 Å². The maximum absolute atomic E-state index is 9.33. The minimum Gasteiger partial charge on any atom is -0.290 e. The van der Waals surface area contributed by atoms with Gasteiger partial charge < -0.3 is 0 Å². The molecule has 42 valence electrons. The maximum atomic E-state index is 9.33. The van der Waals surface area contributed by atoms with Gasteiger partial charge in [-0.15, -0.1) is 0 Å². The highest BCUT2D eigenvalue weighted by Gasteiger charge is 1.87. The first-order chi connectivity index (χ1) is 3.81. The van der Waals surface area contributed by atoms with Crippen molar-refractivity contribution in [3.63, 3.8) is 0 Å². The van der Waals surface area contributed by atoms with Crippen molar-refractivity contribution < 1.29 is 9.59 Å². The number of isocyanates is 2. The molecule has 0 aromatic rings. The van der Waals surface area contributed by atoms with Gasteiger partial charge in [0.25, 0.3) is 0 Å². The van der Waals surface area contributed by atoms with Crippen molar-refractivity contribution in [3.05, 3.63) is 0 Å². The van der Waals surface area contributed by atoms with E-state index in [1.807, 2.05) is 0 Å². The summed E-state index contributed by atoms with van der Waals surface area (Å²) in [5, 5.41) is 0. The predicted molar refractivity (Wildman–Crippen MR) is 24.2 cm³/mol. The molecule has 0 atom stereocenters. The van der Waals surface area contributed by atoms with Crippen LogP contribution in [0.15, 0.2) is 9.98 Å². The van der Waals surface area contributed by atoms with E-state index in [1.54, 1.807) is 0 Å². The van der Waals surface area contributed by atoms with Crippen LogP contribution in [0.4, 0.5) is 0 Å². The molecule has 0 radical (unpaired) electrons. The fraction of sp³-hybridized carbons (Fsp3) is 0.333. The third-order valence-electron chi connectivity index (χ3n) is 0.370. The quantitative estimate of drug-likeness (QED) is 0.364. The van der Waals surface area contributed by atoms with Gasteiger partial charge in [0.15, 0.2) is 0 Å². The summed E-state index contributed by atoms with van der Waals surface area (Å²) in [4.78, 5) is 24.4. The number of carbonyl (C=O) groups excluding carboxylic acids is 2. The van der Waals surface area contributed by atoms with Crippen molar-refractivity contribution >= 4 is 12.2 Å². The second-order valence-corrected chi connectivity index (χ2v) is 0.854. The van der Waals surface area contributed by atoms with Crippen LogP contribution in [0, 0.1) is 0 Å². The highest BCUT2D eigenvalue weighted by Crippen LogP contribution is 1.74.